The lowest BCUT2D eigenvalue weighted by Crippen LogP contribution is -2.47. The van der Waals surface area contributed by atoms with E-state index >= 15 is 0 Å². The predicted molar refractivity (Wildman–Crippen MR) is 57.4 cm³/mol. The number of anilines is 1. The molecule has 0 aliphatic rings. The van der Waals surface area contributed by atoms with Crippen LogP contribution in [-0.4, -0.2) is 25.1 Å². The van der Waals surface area contributed by atoms with Gasteiger partial charge in [-0.25, -0.2) is 0 Å². The van der Waals surface area contributed by atoms with Crippen LogP contribution in [0, 0.1) is 6.92 Å². The third-order valence-corrected chi connectivity index (χ3v) is 2.24. The van der Waals surface area contributed by atoms with Crippen molar-refractivity contribution in [3.05, 3.63) is 23.8 Å². The molecule has 0 bridgehead atoms. The standard InChI is InChI=1S/C11H10F5NO2/c1-6-3-4-8(19-2)7(5-6)17-9(18)10(12,13)11(14,15)16/h3-5H,1-2H3,(H,17,18). The molecule has 0 saturated carbocycles. The van der Waals surface area contributed by atoms with Gasteiger partial charge in [0.15, 0.2) is 0 Å². The third-order valence-electron chi connectivity index (χ3n) is 2.24. The van der Waals surface area contributed by atoms with Gasteiger partial charge < -0.3 is 10.1 Å². The minimum Gasteiger partial charge on any atom is -0.495 e. The van der Waals surface area contributed by atoms with Gasteiger partial charge in [0.25, 0.3) is 0 Å². The highest BCUT2D eigenvalue weighted by Crippen LogP contribution is 2.37. The SMILES string of the molecule is COc1ccc(C)cc1NC(=O)C(F)(F)C(F)(F)F. The zero-order valence-electron chi connectivity index (χ0n) is 9.94. The summed E-state index contributed by atoms with van der Waals surface area (Å²) in [6, 6.07) is 4.12. The summed E-state index contributed by atoms with van der Waals surface area (Å²) in [7, 11) is 1.20. The molecule has 1 rings (SSSR count). The fourth-order valence-electron chi connectivity index (χ4n) is 1.25. The van der Waals surface area contributed by atoms with Crippen molar-refractivity contribution in [1.29, 1.82) is 0 Å². The number of methoxy groups -OCH3 is 1. The number of benzene rings is 1. The Morgan fingerprint density at radius 2 is 1.79 bits per heavy atom. The van der Waals surface area contributed by atoms with Crippen LogP contribution in [-0.2, 0) is 4.79 Å². The van der Waals surface area contributed by atoms with Crippen molar-refractivity contribution in [3.8, 4) is 5.75 Å². The molecule has 1 aromatic rings. The quantitative estimate of drug-likeness (QED) is 0.865. The molecule has 0 aliphatic heterocycles. The number of ether oxygens (including phenoxy) is 1. The number of carbonyl (C=O) groups excluding carboxylic acids is 1. The van der Waals surface area contributed by atoms with E-state index in [0.29, 0.717) is 5.56 Å². The average molecular weight is 283 g/mol. The van der Waals surface area contributed by atoms with Gasteiger partial charge in [-0.05, 0) is 24.6 Å². The average Bonchev–Trinajstić information content (AvgIpc) is 2.27. The van der Waals surface area contributed by atoms with Crippen LogP contribution in [0.3, 0.4) is 0 Å². The summed E-state index contributed by atoms with van der Waals surface area (Å²) in [4.78, 5) is 11.0. The number of hydrogen-bond donors (Lipinski definition) is 1. The maximum Gasteiger partial charge on any atom is 0.463 e. The first-order valence-corrected chi connectivity index (χ1v) is 5.00. The van der Waals surface area contributed by atoms with Crippen molar-refractivity contribution < 1.29 is 31.5 Å². The van der Waals surface area contributed by atoms with Crippen molar-refractivity contribution in [2.45, 2.75) is 19.0 Å². The summed E-state index contributed by atoms with van der Waals surface area (Å²) in [6.07, 6.45) is -5.95. The van der Waals surface area contributed by atoms with Crippen molar-refractivity contribution in [1.82, 2.24) is 0 Å². The minimum absolute atomic E-state index is 0.0167. The Morgan fingerprint density at radius 3 is 2.26 bits per heavy atom. The molecule has 0 heterocycles. The zero-order chi connectivity index (χ0) is 14.8. The highest BCUT2D eigenvalue weighted by molar-refractivity contribution is 5.97. The van der Waals surface area contributed by atoms with Gasteiger partial charge in [-0.15, -0.1) is 0 Å². The van der Waals surface area contributed by atoms with E-state index < -0.39 is 18.0 Å². The number of nitrogens with one attached hydrogen (secondary N) is 1. The minimum atomic E-state index is -5.95. The highest BCUT2D eigenvalue weighted by atomic mass is 19.4. The summed E-state index contributed by atoms with van der Waals surface area (Å²) < 4.78 is 66.3. The van der Waals surface area contributed by atoms with Gasteiger partial charge in [0.2, 0.25) is 0 Å². The van der Waals surface area contributed by atoms with Crippen LogP contribution in [0.15, 0.2) is 18.2 Å². The Labute approximate surface area is 105 Å². The second-order valence-electron chi connectivity index (χ2n) is 3.73. The predicted octanol–water partition coefficient (Wildman–Crippen LogP) is 3.14. The van der Waals surface area contributed by atoms with Gasteiger partial charge in [0.05, 0.1) is 12.8 Å². The number of alkyl halides is 5. The van der Waals surface area contributed by atoms with E-state index in [9.17, 15) is 26.7 Å². The molecule has 1 aromatic carbocycles. The Bertz CT molecular complexity index is 484. The van der Waals surface area contributed by atoms with E-state index in [2.05, 4.69) is 0 Å². The molecule has 1 amide bonds. The monoisotopic (exact) mass is 283 g/mol. The topological polar surface area (TPSA) is 38.3 Å². The van der Waals surface area contributed by atoms with Gasteiger partial charge in [-0.1, -0.05) is 6.07 Å². The Kier molecular flexibility index (Phi) is 4.02. The molecule has 3 nitrogen and oxygen atoms in total. The van der Waals surface area contributed by atoms with Crippen LogP contribution < -0.4 is 10.1 Å². The van der Waals surface area contributed by atoms with Crippen molar-refractivity contribution >= 4 is 11.6 Å². The van der Waals surface area contributed by atoms with Gasteiger partial charge >= 0.3 is 18.0 Å². The molecule has 0 aliphatic carbocycles. The number of halogens is 5. The highest BCUT2D eigenvalue weighted by Gasteiger charge is 2.63. The maximum absolute atomic E-state index is 12.8. The van der Waals surface area contributed by atoms with E-state index in [1.807, 2.05) is 0 Å². The van der Waals surface area contributed by atoms with E-state index in [1.54, 1.807) is 13.0 Å². The van der Waals surface area contributed by atoms with Gasteiger partial charge in [0.1, 0.15) is 5.75 Å². The molecular weight excluding hydrogens is 273 g/mol. The maximum atomic E-state index is 12.8. The molecule has 0 unspecified atom stereocenters. The van der Waals surface area contributed by atoms with Crippen LogP contribution in [0.25, 0.3) is 0 Å². The third kappa shape index (κ3) is 3.12. The van der Waals surface area contributed by atoms with Crippen LogP contribution in [0.2, 0.25) is 0 Å². The molecule has 1 N–H and O–H groups in total. The Morgan fingerprint density at radius 1 is 1.21 bits per heavy atom. The first-order valence-electron chi connectivity index (χ1n) is 5.00. The fourth-order valence-corrected chi connectivity index (χ4v) is 1.25. The first kappa shape index (κ1) is 15.2. The van der Waals surface area contributed by atoms with Gasteiger partial charge in [-0.3, -0.25) is 4.79 Å². The van der Waals surface area contributed by atoms with E-state index in [1.165, 1.54) is 24.6 Å². The van der Waals surface area contributed by atoms with Crippen molar-refractivity contribution in [3.63, 3.8) is 0 Å². The lowest BCUT2D eigenvalue weighted by Gasteiger charge is -2.19. The summed E-state index contributed by atoms with van der Waals surface area (Å²) in [5, 5.41) is 1.52. The number of amides is 1. The van der Waals surface area contributed by atoms with E-state index in [-0.39, 0.29) is 11.4 Å². The first-order chi connectivity index (χ1) is 8.59. The number of aryl methyl sites for hydroxylation is 1. The molecule has 0 radical (unpaired) electrons. The Hall–Kier alpha value is -1.86. The molecule has 19 heavy (non-hydrogen) atoms. The molecule has 0 saturated heterocycles. The number of hydrogen-bond acceptors (Lipinski definition) is 2. The fraction of sp³-hybridized carbons (Fsp3) is 0.364. The summed E-state index contributed by atoms with van der Waals surface area (Å²) in [6.45, 7) is 1.58. The van der Waals surface area contributed by atoms with E-state index in [0.717, 1.165) is 0 Å². The molecule has 8 heteroatoms. The summed E-state index contributed by atoms with van der Waals surface area (Å²) in [5.41, 5.74) is 0.308. The Balaban J connectivity index is 3.03. The molecule has 0 spiro atoms. The van der Waals surface area contributed by atoms with E-state index in [4.69, 9.17) is 4.74 Å². The smallest absolute Gasteiger partial charge is 0.463 e. The second kappa shape index (κ2) is 5.02. The molecule has 0 aromatic heterocycles. The van der Waals surface area contributed by atoms with Crippen LogP contribution in [0.4, 0.5) is 27.6 Å². The van der Waals surface area contributed by atoms with Gasteiger partial charge in [0, 0.05) is 0 Å². The molecule has 106 valence electrons. The van der Waals surface area contributed by atoms with Crippen LogP contribution in [0.1, 0.15) is 5.56 Å². The number of rotatable bonds is 3. The molecular formula is C11H10F5NO2. The lowest BCUT2D eigenvalue weighted by molar-refractivity contribution is -0.267. The molecule has 0 atom stereocenters. The zero-order valence-corrected chi connectivity index (χ0v) is 9.94. The van der Waals surface area contributed by atoms with Crippen LogP contribution in [0.5, 0.6) is 5.75 Å². The van der Waals surface area contributed by atoms with Gasteiger partial charge in [-0.2, -0.15) is 22.0 Å². The lowest BCUT2D eigenvalue weighted by atomic mass is 10.2. The molecule has 0 fully saturated rings. The number of carbonyl (C=O) groups is 1. The second-order valence-corrected chi connectivity index (χ2v) is 3.73. The normalized spacial score (nSPS) is 12.2. The van der Waals surface area contributed by atoms with Crippen LogP contribution >= 0.6 is 0 Å². The van der Waals surface area contributed by atoms with Crippen molar-refractivity contribution in [2.24, 2.45) is 0 Å². The summed E-state index contributed by atoms with van der Waals surface area (Å²) in [5.74, 6) is -7.94. The largest absolute Gasteiger partial charge is 0.495 e. The van der Waals surface area contributed by atoms with Crippen molar-refractivity contribution in [2.75, 3.05) is 12.4 Å². The summed E-state index contributed by atoms with van der Waals surface area (Å²) >= 11 is 0.